The second kappa shape index (κ2) is 9.41. The lowest BCUT2D eigenvalue weighted by Crippen LogP contribution is -2.46. The van der Waals surface area contributed by atoms with Crippen LogP contribution in [0.15, 0.2) is 36.7 Å². The second-order valence-electron chi connectivity index (χ2n) is 6.55. The van der Waals surface area contributed by atoms with E-state index in [0.717, 1.165) is 5.56 Å². The quantitative estimate of drug-likeness (QED) is 0.443. The third-order valence-electron chi connectivity index (χ3n) is 4.56. The summed E-state index contributed by atoms with van der Waals surface area (Å²) in [6.07, 6.45) is 3.01. The highest BCUT2D eigenvalue weighted by Crippen LogP contribution is 2.26. The van der Waals surface area contributed by atoms with Gasteiger partial charge in [0.1, 0.15) is 11.8 Å². The Labute approximate surface area is 177 Å². The van der Waals surface area contributed by atoms with Crippen molar-refractivity contribution in [3.05, 3.63) is 58.9 Å². The van der Waals surface area contributed by atoms with Gasteiger partial charge in [0.05, 0.1) is 24.8 Å². The molecule has 4 N–H and O–H groups in total. The molecule has 10 nitrogen and oxygen atoms in total. The van der Waals surface area contributed by atoms with Crippen LogP contribution in [0.5, 0.6) is 5.75 Å². The van der Waals surface area contributed by atoms with Gasteiger partial charge in [0.15, 0.2) is 0 Å². The number of rotatable bonds is 6. The van der Waals surface area contributed by atoms with Crippen LogP contribution in [0.4, 0.5) is 4.79 Å². The number of carbonyl (C=O) groups is 4. The molecule has 0 bridgehead atoms. The van der Waals surface area contributed by atoms with E-state index in [-0.39, 0.29) is 30.0 Å². The Kier molecular flexibility index (Phi) is 6.47. The standard InChI is InChI=1S/C21H19N5O5/c1-31-16-5-3-14-10-26(20(29)18(14)8-16)11-15(25-21(30)24-12-27)4-2-13-9-23-7-6-17(13)19(22)28/h3,5-9,12,15H,10-11H2,1H3,(H2,22,28)(H2,24,25,27,30)/t15-/m1/s1. The van der Waals surface area contributed by atoms with Gasteiger partial charge in [-0.15, -0.1) is 0 Å². The zero-order valence-corrected chi connectivity index (χ0v) is 16.5. The van der Waals surface area contributed by atoms with E-state index in [2.05, 4.69) is 22.1 Å². The average molecular weight is 421 g/mol. The monoisotopic (exact) mass is 421 g/mol. The van der Waals surface area contributed by atoms with Crippen molar-refractivity contribution in [2.45, 2.75) is 12.6 Å². The van der Waals surface area contributed by atoms with Gasteiger partial charge in [0, 0.05) is 24.5 Å². The highest BCUT2D eigenvalue weighted by Gasteiger charge is 2.29. The van der Waals surface area contributed by atoms with Gasteiger partial charge in [-0.05, 0) is 23.8 Å². The summed E-state index contributed by atoms with van der Waals surface area (Å²) in [4.78, 5) is 52.2. The largest absolute Gasteiger partial charge is 0.497 e. The molecule has 0 aliphatic carbocycles. The number of amides is 5. The van der Waals surface area contributed by atoms with Crippen LogP contribution >= 0.6 is 0 Å². The van der Waals surface area contributed by atoms with Gasteiger partial charge in [-0.3, -0.25) is 24.7 Å². The first-order valence-electron chi connectivity index (χ1n) is 9.15. The van der Waals surface area contributed by atoms with Crippen molar-refractivity contribution >= 4 is 24.3 Å². The highest BCUT2D eigenvalue weighted by atomic mass is 16.5. The molecular formula is C21H19N5O5. The van der Waals surface area contributed by atoms with E-state index in [1.54, 1.807) is 18.2 Å². The lowest BCUT2D eigenvalue weighted by molar-refractivity contribution is -0.108. The zero-order chi connectivity index (χ0) is 22.4. The zero-order valence-electron chi connectivity index (χ0n) is 16.5. The van der Waals surface area contributed by atoms with E-state index in [9.17, 15) is 19.2 Å². The lowest BCUT2D eigenvalue weighted by Gasteiger charge is -2.21. The van der Waals surface area contributed by atoms with Crippen LogP contribution in [0.25, 0.3) is 0 Å². The number of nitrogens with two attached hydrogens (primary N) is 1. The van der Waals surface area contributed by atoms with Crippen LogP contribution in [-0.2, 0) is 11.3 Å². The number of hydrogen-bond donors (Lipinski definition) is 3. The molecule has 0 unspecified atom stereocenters. The minimum absolute atomic E-state index is 0.0429. The summed E-state index contributed by atoms with van der Waals surface area (Å²) in [5, 5.41) is 4.49. The third-order valence-corrected chi connectivity index (χ3v) is 4.56. The Morgan fingerprint density at radius 1 is 1.39 bits per heavy atom. The van der Waals surface area contributed by atoms with E-state index in [0.29, 0.717) is 17.9 Å². The molecule has 158 valence electrons. The second-order valence-corrected chi connectivity index (χ2v) is 6.55. The topological polar surface area (TPSA) is 144 Å². The number of methoxy groups -OCH3 is 1. The van der Waals surface area contributed by atoms with Gasteiger partial charge in [-0.25, -0.2) is 4.79 Å². The lowest BCUT2D eigenvalue weighted by atomic mass is 10.1. The number of ether oxygens (including phenoxy) is 1. The molecule has 1 aliphatic heterocycles. The van der Waals surface area contributed by atoms with Crippen LogP contribution in [0, 0.1) is 11.8 Å². The number of pyridine rings is 1. The summed E-state index contributed by atoms with van der Waals surface area (Å²) in [6, 6.07) is 5.02. The molecule has 2 aromatic rings. The summed E-state index contributed by atoms with van der Waals surface area (Å²) in [7, 11) is 1.51. The van der Waals surface area contributed by atoms with Gasteiger partial charge in [-0.1, -0.05) is 17.9 Å². The first kappa shape index (κ1) is 21.3. The Balaban J connectivity index is 1.84. The van der Waals surface area contributed by atoms with E-state index in [1.165, 1.54) is 30.5 Å². The molecule has 1 atom stereocenters. The molecule has 1 aromatic carbocycles. The minimum atomic E-state index is -0.846. The number of benzene rings is 1. The fourth-order valence-corrected chi connectivity index (χ4v) is 3.09. The molecule has 10 heteroatoms. The molecule has 0 radical (unpaired) electrons. The summed E-state index contributed by atoms with van der Waals surface area (Å²) in [5.41, 5.74) is 7.12. The number of primary amides is 1. The minimum Gasteiger partial charge on any atom is -0.497 e. The summed E-state index contributed by atoms with van der Waals surface area (Å²) >= 11 is 0. The molecule has 0 saturated carbocycles. The maximum atomic E-state index is 12.8. The molecule has 1 aromatic heterocycles. The Morgan fingerprint density at radius 3 is 2.90 bits per heavy atom. The number of fused-ring (bicyclic) bond motifs is 1. The van der Waals surface area contributed by atoms with Gasteiger partial charge in [0.2, 0.25) is 12.3 Å². The Hall–Kier alpha value is -4.39. The summed E-state index contributed by atoms with van der Waals surface area (Å²) in [6.45, 7) is 0.369. The predicted molar refractivity (Wildman–Crippen MR) is 109 cm³/mol. The van der Waals surface area contributed by atoms with Crippen LogP contribution in [0.2, 0.25) is 0 Å². The number of carbonyl (C=O) groups excluding carboxylic acids is 4. The smallest absolute Gasteiger partial charge is 0.322 e. The maximum Gasteiger partial charge on any atom is 0.322 e. The van der Waals surface area contributed by atoms with Crippen molar-refractivity contribution in [1.82, 2.24) is 20.5 Å². The summed E-state index contributed by atoms with van der Waals surface area (Å²) < 4.78 is 5.17. The SMILES string of the molecule is COc1ccc2c(c1)C(=O)N(C[C@@H](C#Cc1cnccc1C(N)=O)NC(=O)NC=O)C2. The normalized spacial score (nSPS) is 12.8. The van der Waals surface area contributed by atoms with Gasteiger partial charge >= 0.3 is 6.03 Å². The fraction of sp³-hybridized carbons (Fsp3) is 0.190. The fourth-order valence-electron chi connectivity index (χ4n) is 3.09. The first-order valence-corrected chi connectivity index (χ1v) is 9.15. The molecule has 0 spiro atoms. The Morgan fingerprint density at radius 2 is 2.19 bits per heavy atom. The number of urea groups is 1. The van der Waals surface area contributed by atoms with Crippen molar-refractivity contribution in [3.8, 4) is 17.6 Å². The van der Waals surface area contributed by atoms with Crippen molar-refractivity contribution in [1.29, 1.82) is 0 Å². The van der Waals surface area contributed by atoms with Crippen LogP contribution in [0.1, 0.15) is 31.8 Å². The number of nitrogens with one attached hydrogen (secondary N) is 2. The van der Waals surface area contributed by atoms with Crippen LogP contribution < -0.4 is 21.1 Å². The molecule has 31 heavy (non-hydrogen) atoms. The first-order chi connectivity index (χ1) is 14.9. The number of imide groups is 1. The number of nitrogens with zero attached hydrogens (tertiary/aromatic N) is 2. The van der Waals surface area contributed by atoms with Crippen LogP contribution in [-0.4, -0.2) is 53.8 Å². The van der Waals surface area contributed by atoms with Crippen molar-refractivity contribution in [2.75, 3.05) is 13.7 Å². The van der Waals surface area contributed by atoms with E-state index in [4.69, 9.17) is 10.5 Å². The van der Waals surface area contributed by atoms with Crippen molar-refractivity contribution in [3.63, 3.8) is 0 Å². The van der Waals surface area contributed by atoms with Crippen molar-refractivity contribution in [2.24, 2.45) is 5.73 Å². The maximum absolute atomic E-state index is 12.8. The molecule has 3 rings (SSSR count). The third kappa shape index (κ3) is 4.97. The molecule has 0 fully saturated rings. The van der Waals surface area contributed by atoms with Gasteiger partial charge in [0.25, 0.3) is 5.91 Å². The van der Waals surface area contributed by atoms with Gasteiger partial charge < -0.3 is 20.7 Å². The van der Waals surface area contributed by atoms with Crippen LogP contribution in [0.3, 0.4) is 0 Å². The van der Waals surface area contributed by atoms with Gasteiger partial charge in [-0.2, -0.15) is 0 Å². The number of aromatic nitrogens is 1. The molecular weight excluding hydrogens is 402 g/mol. The molecule has 5 amide bonds. The predicted octanol–water partition coefficient (Wildman–Crippen LogP) is 0.0208. The van der Waals surface area contributed by atoms with E-state index < -0.39 is 18.0 Å². The highest BCUT2D eigenvalue weighted by molar-refractivity contribution is 5.99. The van der Waals surface area contributed by atoms with Crippen molar-refractivity contribution < 1.29 is 23.9 Å². The number of hydrogen-bond acceptors (Lipinski definition) is 6. The molecule has 2 heterocycles. The average Bonchev–Trinajstić information content (AvgIpc) is 3.07. The molecule has 0 saturated heterocycles. The Bertz CT molecular complexity index is 1100. The summed E-state index contributed by atoms with van der Waals surface area (Å²) in [5.74, 6) is 5.23. The van der Waals surface area contributed by atoms with E-state index >= 15 is 0 Å². The van der Waals surface area contributed by atoms with E-state index in [1.807, 2.05) is 5.32 Å². The molecule has 1 aliphatic rings.